The van der Waals surface area contributed by atoms with E-state index >= 15 is 0 Å². The number of hydrogen-bond acceptors (Lipinski definition) is 2. The first-order valence-electron chi connectivity index (χ1n) is 6.41. The van der Waals surface area contributed by atoms with Crippen LogP contribution in [0.2, 0.25) is 0 Å². The van der Waals surface area contributed by atoms with Crippen molar-refractivity contribution in [3.63, 3.8) is 0 Å². The molecule has 1 aromatic carbocycles. The minimum Gasteiger partial charge on any atom is -0.315 e. The summed E-state index contributed by atoms with van der Waals surface area (Å²) in [6.07, 6.45) is 2.28. The van der Waals surface area contributed by atoms with Gasteiger partial charge in [-0.3, -0.25) is 0 Å². The van der Waals surface area contributed by atoms with Crippen molar-refractivity contribution in [1.29, 1.82) is 0 Å². The highest BCUT2D eigenvalue weighted by atomic mass is 79.9. The molecule has 2 nitrogen and oxygen atoms in total. The second-order valence-corrected chi connectivity index (χ2v) is 5.35. The number of rotatable bonds is 8. The molecule has 17 heavy (non-hydrogen) atoms. The smallest absolute Gasteiger partial charge is 0.0178 e. The molecule has 1 unspecified atom stereocenters. The average Bonchev–Trinajstić information content (AvgIpc) is 2.29. The van der Waals surface area contributed by atoms with Crippen LogP contribution in [-0.2, 0) is 6.42 Å². The summed E-state index contributed by atoms with van der Waals surface area (Å²) < 4.78 is 1.16. The Morgan fingerprint density at radius 1 is 1.29 bits per heavy atom. The van der Waals surface area contributed by atoms with Gasteiger partial charge < -0.3 is 10.6 Å². The molecule has 1 rings (SSSR count). The van der Waals surface area contributed by atoms with Crippen LogP contribution in [0.5, 0.6) is 0 Å². The lowest BCUT2D eigenvalue weighted by Gasteiger charge is -2.14. The summed E-state index contributed by atoms with van der Waals surface area (Å²) in [7, 11) is 0. The van der Waals surface area contributed by atoms with Crippen LogP contribution in [0, 0.1) is 0 Å². The molecule has 0 saturated heterocycles. The van der Waals surface area contributed by atoms with Crippen molar-refractivity contribution in [2.45, 2.75) is 32.7 Å². The van der Waals surface area contributed by atoms with E-state index in [0.717, 1.165) is 30.5 Å². The molecule has 0 fully saturated rings. The highest BCUT2D eigenvalue weighted by molar-refractivity contribution is 9.10. The molecule has 0 saturated carbocycles. The van der Waals surface area contributed by atoms with E-state index in [0.29, 0.717) is 6.04 Å². The SMILES string of the molecule is CCCNCC(C)NCCc1cccc(Br)c1. The summed E-state index contributed by atoms with van der Waals surface area (Å²) in [5.41, 5.74) is 1.38. The van der Waals surface area contributed by atoms with E-state index in [1.54, 1.807) is 0 Å². The van der Waals surface area contributed by atoms with Gasteiger partial charge in [0.25, 0.3) is 0 Å². The van der Waals surface area contributed by atoms with Crippen LogP contribution in [0.4, 0.5) is 0 Å². The molecule has 1 aromatic rings. The first kappa shape index (κ1) is 14.7. The molecule has 2 N–H and O–H groups in total. The Kier molecular flexibility index (Phi) is 7.49. The van der Waals surface area contributed by atoms with Crippen molar-refractivity contribution < 1.29 is 0 Å². The summed E-state index contributed by atoms with van der Waals surface area (Å²) in [6.45, 7) is 7.61. The Morgan fingerprint density at radius 2 is 2.12 bits per heavy atom. The third kappa shape index (κ3) is 6.81. The van der Waals surface area contributed by atoms with Crippen molar-refractivity contribution in [2.24, 2.45) is 0 Å². The van der Waals surface area contributed by atoms with E-state index in [9.17, 15) is 0 Å². The molecule has 0 aliphatic carbocycles. The second-order valence-electron chi connectivity index (χ2n) is 4.44. The molecular formula is C14H23BrN2. The number of halogens is 1. The maximum Gasteiger partial charge on any atom is 0.0178 e. The standard InChI is InChI=1S/C14H23BrN2/c1-3-8-16-11-12(2)17-9-7-13-5-4-6-14(15)10-13/h4-6,10,12,16-17H,3,7-9,11H2,1-2H3. The molecule has 0 aromatic heterocycles. The van der Waals surface area contributed by atoms with E-state index in [-0.39, 0.29) is 0 Å². The van der Waals surface area contributed by atoms with E-state index in [1.807, 2.05) is 0 Å². The topological polar surface area (TPSA) is 24.1 Å². The van der Waals surface area contributed by atoms with Crippen LogP contribution in [0.3, 0.4) is 0 Å². The minimum atomic E-state index is 0.536. The molecule has 0 amide bonds. The quantitative estimate of drug-likeness (QED) is 0.721. The summed E-state index contributed by atoms with van der Waals surface area (Å²) >= 11 is 3.49. The lowest BCUT2D eigenvalue weighted by Crippen LogP contribution is -2.37. The molecule has 0 bridgehead atoms. The predicted molar refractivity (Wildman–Crippen MR) is 78.5 cm³/mol. The van der Waals surface area contributed by atoms with Gasteiger partial charge in [0.05, 0.1) is 0 Å². The zero-order valence-corrected chi connectivity index (χ0v) is 12.4. The van der Waals surface area contributed by atoms with Gasteiger partial charge in [-0.2, -0.15) is 0 Å². The molecule has 1 atom stereocenters. The molecule has 0 aliphatic heterocycles. The molecule has 3 heteroatoms. The Labute approximate surface area is 113 Å². The van der Waals surface area contributed by atoms with Gasteiger partial charge in [0.2, 0.25) is 0 Å². The first-order valence-corrected chi connectivity index (χ1v) is 7.20. The van der Waals surface area contributed by atoms with Gasteiger partial charge in [0.15, 0.2) is 0 Å². The monoisotopic (exact) mass is 298 g/mol. The van der Waals surface area contributed by atoms with Gasteiger partial charge in [-0.15, -0.1) is 0 Å². The second kappa shape index (κ2) is 8.67. The fraction of sp³-hybridized carbons (Fsp3) is 0.571. The normalized spacial score (nSPS) is 12.6. The summed E-state index contributed by atoms with van der Waals surface area (Å²) in [4.78, 5) is 0. The van der Waals surface area contributed by atoms with Gasteiger partial charge in [-0.25, -0.2) is 0 Å². The van der Waals surface area contributed by atoms with Crippen LogP contribution in [-0.4, -0.2) is 25.7 Å². The average molecular weight is 299 g/mol. The molecule has 0 heterocycles. The van der Waals surface area contributed by atoms with Gasteiger partial charge in [-0.1, -0.05) is 35.0 Å². The van der Waals surface area contributed by atoms with E-state index in [4.69, 9.17) is 0 Å². The van der Waals surface area contributed by atoms with Crippen molar-refractivity contribution in [2.75, 3.05) is 19.6 Å². The van der Waals surface area contributed by atoms with Crippen molar-refractivity contribution >= 4 is 15.9 Å². The third-order valence-corrected chi connectivity index (χ3v) is 3.17. The van der Waals surface area contributed by atoms with E-state index in [2.05, 4.69) is 64.7 Å². The van der Waals surface area contributed by atoms with Crippen LogP contribution in [0.25, 0.3) is 0 Å². The third-order valence-electron chi connectivity index (χ3n) is 2.67. The Hall–Kier alpha value is -0.380. The van der Waals surface area contributed by atoms with E-state index < -0.39 is 0 Å². The molecule has 0 spiro atoms. The van der Waals surface area contributed by atoms with Crippen molar-refractivity contribution in [3.8, 4) is 0 Å². The fourth-order valence-corrected chi connectivity index (χ4v) is 2.17. The van der Waals surface area contributed by atoms with Gasteiger partial charge >= 0.3 is 0 Å². The highest BCUT2D eigenvalue weighted by Gasteiger charge is 2.00. The highest BCUT2D eigenvalue weighted by Crippen LogP contribution is 2.11. The zero-order valence-electron chi connectivity index (χ0n) is 10.8. The van der Waals surface area contributed by atoms with Crippen molar-refractivity contribution in [3.05, 3.63) is 34.3 Å². The fourth-order valence-electron chi connectivity index (χ4n) is 1.72. The molecular weight excluding hydrogens is 276 g/mol. The minimum absolute atomic E-state index is 0.536. The van der Waals surface area contributed by atoms with Crippen LogP contribution in [0.15, 0.2) is 28.7 Å². The van der Waals surface area contributed by atoms with Gasteiger partial charge in [0, 0.05) is 17.1 Å². The Balaban J connectivity index is 2.14. The predicted octanol–water partition coefficient (Wildman–Crippen LogP) is 2.97. The van der Waals surface area contributed by atoms with Gasteiger partial charge in [0.1, 0.15) is 0 Å². The summed E-state index contributed by atoms with van der Waals surface area (Å²) in [6, 6.07) is 9.04. The maximum absolute atomic E-state index is 3.53. The van der Waals surface area contributed by atoms with Crippen molar-refractivity contribution in [1.82, 2.24) is 10.6 Å². The number of nitrogens with one attached hydrogen (secondary N) is 2. The largest absolute Gasteiger partial charge is 0.315 e. The zero-order chi connectivity index (χ0) is 12.5. The number of benzene rings is 1. The summed E-state index contributed by atoms with van der Waals surface area (Å²) in [5.74, 6) is 0. The summed E-state index contributed by atoms with van der Waals surface area (Å²) in [5, 5.41) is 6.95. The Bertz CT molecular complexity index is 315. The van der Waals surface area contributed by atoms with Crippen LogP contribution >= 0.6 is 15.9 Å². The molecule has 96 valence electrons. The van der Waals surface area contributed by atoms with Crippen LogP contribution in [0.1, 0.15) is 25.8 Å². The first-order chi connectivity index (χ1) is 8.22. The molecule has 0 aliphatic rings. The Morgan fingerprint density at radius 3 is 2.82 bits per heavy atom. The van der Waals surface area contributed by atoms with Gasteiger partial charge in [-0.05, 0) is 50.6 Å². The number of hydrogen-bond donors (Lipinski definition) is 2. The molecule has 0 radical (unpaired) electrons. The lowest BCUT2D eigenvalue weighted by molar-refractivity contribution is 0.504. The van der Waals surface area contributed by atoms with E-state index in [1.165, 1.54) is 12.0 Å². The van der Waals surface area contributed by atoms with Crippen LogP contribution < -0.4 is 10.6 Å². The maximum atomic E-state index is 3.53. The lowest BCUT2D eigenvalue weighted by atomic mass is 10.1.